The molecule has 6 nitrogen and oxygen atoms in total. The largest absolute Gasteiger partial charge is 0.440 e. The van der Waals surface area contributed by atoms with Crippen LogP contribution in [0.5, 0.6) is 11.6 Å². The molecule has 1 aromatic carbocycles. The van der Waals surface area contributed by atoms with Crippen molar-refractivity contribution in [2.45, 2.75) is 26.7 Å². The van der Waals surface area contributed by atoms with Crippen LogP contribution in [-0.4, -0.2) is 9.97 Å². The van der Waals surface area contributed by atoms with Gasteiger partial charge in [-0.15, -0.1) is 0 Å². The molecule has 6 heteroatoms. The Balaban J connectivity index is 2.50. The second-order valence-electron chi connectivity index (χ2n) is 5.45. The molecule has 1 heterocycles. The Labute approximate surface area is 133 Å². The Bertz CT molecular complexity index is 899. The Hall–Kier alpha value is -3.07. The van der Waals surface area contributed by atoms with Crippen LogP contribution in [0, 0.1) is 18.3 Å². The summed E-state index contributed by atoms with van der Waals surface area (Å²) in [4.78, 5) is 28.2. The number of benzene rings is 1. The average Bonchev–Trinajstić information content (AvgIpc) is 2.43. The molecule has 0 unspecified atom stereocenters. The maximum atomic E-state index is 12.0. The number of aromatic nitrogens is 2. The molecule has 0 fully saturated rings. The summed E-state index contributed by atoms with van der Waals surface area (Å²) in [5.74, 6) is 0.494. The lowest BCUT2D eigenvalue weighted by atomic mass is 10.1. The van der Waals surface area contributed by atoms with Crippen molar-refractivity contribution in [1.29, 1.82) is 5.26 Å². The van der Waals surface area contributed by atoms with Gasteiger partial charge in [-0.25, -0.2) is 4.79 Å². The molecule has 23 heavy (non-hydrogen) atoms. The lowest BCUT2D eigenvalue weighted by molar-refractivity contribution is 0.447. The smallest absolute Gasteiger partial charge is 0.328 e. The molecule has 1 aromatic heterocycles. The molecule has 0 radical (unpaired) electrons. The van der Waals surface area contributed by atoms with E-state index in [9.17, 15) is 9.59 Å². The van der Waals surface area contributed by atoms with E-state index in [1.54, 1.807) is 18.2 Å². The molecule has 0 saturated carbocycles. The van der Waals surface area contributed by atoms with Crippen LogP contribution in [0.15, 0.2) is 33.9 Å². The van der Waals surface area contributed by atoms with Crippen LogP contribution >= 0.6 is 0 Å². The van der Waals surface area contributed by atoms with Gasteiger partial charge < -0.3 is 4.74 Å². The summed E-state index contributed by atoms with van der Waals surface area (Å²) in [5, 5.41) is 8.61. The van der Waals surface area contributed by atoms with Gasteiger partial charge in [-0.1, -0.05) is 19.9 Å². The minimum absolute atomic E-state index is 0.117. The first-order chi connectivity index (χ1) is 10.9. The fraction of sp³-hybridized carbons (Fsp3) is 0.235. The number of nitrogens with zero attached hydrogens (tertiary/aromatic N) is 1. The molecule has 2 aromatic rings. The van der Waals surface area contributed by atoms with E-state index in [1.807, 2.05) is 32.9 Å². The highest BCUT2D eigenvalue weighted by molar-refractivity contribution is 5.55. The first-order valence-corrected chi connectivity index (χ1v) is 7.13. The predicted octanol–water partition coefficient (Wildman–Crippen LogP) is 2.82. The molecular weight excluding hydrogens is 294 g/mol. The number of aryl methyl sites for hydroxylation is 1. The van der Waals surface area contributed by atoms with E-state index in [-0.39, 0.29) is 11.8 Å². The number of H-pyrrole nitrogens is 2. The minimum Gasteiger partial charge on any atom is -0.440 e. The van der Waals surface area contributed by atoms with Crippen LogP contribution in [-0.2, 0) is 0 Å². The van der Waals surface area contributed by atoms with Crippen LogP contribution in [0.1, 0.15) is 36.5 Å². The van der Waals surface area contributed by atoms with Crippen molar-refractivity contribution in [2.24, 2.45) is 0 Å². The van der Waals surface area contributed by atoms with E-state index in [0.717, 1.165) is 11.1 Å². The van der Waals surface area contributed by atoms with Crippen molar-refractivity contribution >= 4 is 6.08 Å². The molecule has 0 aliphatic carbocycles. The van der Waals surface area contributed by atoms with Crippen molar-refractivity contribution in [3.05, 3.63) is 61.8 Å². The normalized spacial score (nSPS) is 10.9. The van der Waals surface area contributed by atoms with Gasteiger partial charge in [0.2, 0.25) is 5.88 Å². The van der Waals surface area contributed by atoms with Gasteiger partial charge in [0.1, 0.15) is 5.75 Å². The molecule has 118 valence electrons. The fourth-order valence-corrected chi connectivity index (χ4v) is 2.26. The first-order valence-electron chi connectivity index (χ1n) is 7.13. The first kappa shape index (κ1) is 16.3. The monoisotopic (exact) mass is 311 g/mol. The van der Waals surface area contributed by atoms with Gasteiger partial charge in [-0.05, 0) is 42.2 Å². The number of rotatable bonds is 4. The van der Waals surface area contributed by atoms with Gasteiger partial charge >= 0.3 is 5.69 Å². The molecule has 2 rings (SSSR count). The van der Waals surface area contributed by atoms with Gasteiger partial charge in [0, 0.05) is 6.08 Å². The SMILES string of the molecule is Cc1cc(C=CC#N)cc(Oc2[nH]c(=O)[nH]c(=O)c2C(C)C)c1. The van der Waals surface area contributed by atoms with Crippen molar-refractivity contribution in [3.63, 3.8) is 0 Å². The number of ether oxygens (including phenoxy) is 1. The minimum atomic E-state index is -0.619. The van der Waals surface area contributed by atoms with Crippen LogP contribution in [0.25, 0.3) is 6.08 Å². The standard InChI is InChI=1S/C17H17N3O3/c1-10(2)14-15(21)19-17(22)20-16(14)23-13-8-11(3)7-12(9-13)5-4-6-18/h4-5,7-10H,1-3H3,(H2,19,20,21,22). The Morgan fingerprint density at radius 2 is 1.96 bits per heavy atom. The van der Waals surface area contributed by atoms with Crippen LogP contribution in [0.2, 0.25) is 0 Å². The Kier molecular flexibility index (Phi) is 4.82. The second-order valence-corrected chi connectivity index (χ2v) is 5.45. The summed E-state index contributed by atoms with van der Waals surface area (Å²) in [6.45, 7) is 5.57. The second kappa shape index (κ2) is 6.79. The third-order valence-electron chi connectivity index (χ3n) is 3.16. The van der Waals surface area contributed by atoms with E-state index < -0.39 is 11.2 Å². The zero-order valence-corrected chi connectivity index (χ0v) is 13.1. The Morgan fingerprint density at radius 3 is 2.61 bits per heavy atom. The predicted molar refractivity (Wildman–Crippen MR) is 87.7 cm³/mol. The lowest BCUT2D eigenvalue weighted by Gasteiger charge is -2.12. The highest BCUT2D eigenvalue weighted by Gasteiger charge is 2.15. The van der Waals surface area contributed by atoms with Gasteiger partial charge in [0.15, 0.2) is 0 Å². The molecule has 0 atom stereocenters. The molecule has 0 aliphatic rings. The number of nitriles is 1. The van der Waals surface area contributed by atoms with Gasteiger partial charge in [-0.2, -0.15) is 5.26 Å². The fourth-order valence-electron chi connectivity index (χ4n) is 2.26. The van der Waals surface area contributed by atoms with Gasteiger partial charge in [-0.3, -0.25) is 14.8 Å². The molecule has 2 N–H and O–H groups in total. The van der Waals surface area contributed by atoms with Gasteiger partial charge in [0.25, 0.3) is 5.56 Å². The maximum Gasteiger partial charge on any atom is 0.328 e. The molecule has 0 spiro atoms. The number of hydrogen-bond acceptors (Lipinski definition) is 4. The van der Waals surface area contributed by atoms with Crippen molar-refractivity contribution < 1.29 is 4.74 Å². The number of allylic oxidation sites excluding steroid dienone is 1. The molecule has 0 amide bonds. The molecule has 0 aliphatic heterocycles. The lowest BCUT2D eigenvalue weighted by Crippen LogP contribution is -2.26. The number of nitrogens with one attached hydrogen (secondary N) is 2. The summed E-state index contributed by atoms with van der Waals surface area (Å²) in [6.07, 6.45) is 3.02. The van der Waals surface area contributed by atoms with Crippen molar-refractivity contribution in [1.82, 2.24) is 9.97 Å². The highest BCUT2D eigenvalue weighted by atomic mass is 16.5. The molecule has 0 saturated heterocycles. The van der Waals surface area contributed by atoms with Crippen LogP contribution in [0.4, 0.5) is 0 Å². The van der Waals surface area contributed by atoms with E-state index in [0.29, 0.717) is 11.3 Å². The van der Waals surface area contributed by atoms with E-state index in [1.165, 1.54) is 6.08 Å². The van der Waals surface area contributed by atoms with E-state index in [2.05, 4.69) is 9.97 Å². The zero-order valence-electron chi connectivity index (χ0n) is 13.1. The van der Waals surface area contributed by atoms with E-state index in [4.69, 9.17) is 10.00 Å². The van der Waals surface area contributed by atoms with Crippen LogP contribution < -0.4 is 16.0 Å². The average molecular weight is 311 g/mol. The summed E-state index contributed by atoms with van der Waals surface area (Å²) >= 11 is 0. The third-order valence-corrected chi connectivity index (χ3v) is 3.16. The summed E-state index contributed by atoms with van der Waals surface area (Å²) in [6, 6.07) is 7.33. The van der Waals surface area contributed by atoms with Crippen molar-refractivity contribution in [3.8, 4) is 17.7 Å². The topological polar surface area (TPSA) is 98.7 Å². The highest BCUT2D eigenvalue weighted by Crippen LogP contribution is 2.26. The molecule has 0 bridgehead atoms. The van der Waals surface area contributed by atoms with E-state index >= 15 is 0 Å². The summed E-state index contributed by atoms with van der Waals surface area (Å²) in [5.41, 5.74) is 1.01. The summed E-state index contributed by atoms with van der Waals surface area (Å²) < 4.78 is 5.74. The molecular formula is C17H17N3O3. The number of hydrogen-bond donors (Lipinski definition) is 2. The quantitative estimate of drug-likeness (QED) is 0.848. The maximum absolute atomic E-state index is 12.0. The third kappa shape index (κ3) is 3.98. The van der Waals surface area contributed by atoms with Crippen molar-refractivity contribution in [2.75, 3.05) is 0 Å². The zero-order chi connectivity index (χ0) is 17.0. The van der Waals surface area contributed by atoms with Crippen LogP contribution in [0.3, 0.4) is 0 Å². The Morgan fingerprint density at radius 1 is 1.22 bits per heavy atom. The summed E-state index contributed by atoms with van der Waals surface area (Å²) in [7, 11) is 0. The number of aromatic amines is 2. The van der Waals surface area contributed by atoms with Gasteiger partial charge in [0.05, 0.1) is 11.6 Å².